The number of aryl methyl sites for hydroxylation is 1. The fraction of sp³-hybridized carbons (Fsp3) is 0.211. The molecule has 3 aromatic heterocycles. The zero-order chi connectivity index (χ0) is 21.6. The molecule has 0 aliphatic rings. The molecular formula is C19H17FN6O3S. The third-order valence-corrected chi connectivity index (χ3v) is 5.56. The standard InChI is InChI=1S/C19H17FN6O3S/c1-11(27)26(14-7-5-4-6-13(14)20)18-22-12(9-30-18)8-25-10-21-16-15(25)17(28)24(3)19(29)23(16)2/h4-7,9-10H,8H2,1-3H3. The lowest BCUT2D eigenvalue weighted by Gasteiger charge is -2.18. The number of halogens is 1. The number of fused-ring (bicyclic) bond motifs is 1. The summed E-state index contributed by atoms with van der Waals surface area (Å²) in [6.07, 6.45) is 1.46. The van der Waals surface area contributed by atoms with Gasteiger partial charge < -0.3 is 4.57 Å². The van der Waals surface area contributed by atoms with Crippen molar-refractivity contribution in [3.63, 3.8) is 0 Å². The zero-order valence-electron chi connectivity index (χ0n) is 16.4. The molecule has 1 amide bonds. The summed E-state index contributed by atoms with van der Waals surface area (Å²) in [7, 11) is 2.95. The van der Waals surface area contributed by atoms with E-state index in [0.29, 0.717) is 10.8 Å². The van der Waals surface area contributed by atoms with Gasteiger partial charge in [0.2, 0.25) is 5.91 Å². The van der Waals surface area contributed by atoms with Crippen LogP contribution in [-0.2, 0) is 25.4 Å². The Bertz CT molecular complexity index is 1400. The molecule has 0 fully saturated rings. The molecule has 0 saturated heterocycles. The van der Waals surface area contributed by atoms with E-state index in [1.807, 2.05) is 0 Å². The Morgan fingerprint density at radius 2 is 1.93 bits per heavy atom. The second kappa shape index (κ2) is 7.34. The minimum atomic E-state index is -0.533. The van der Waals surface area contributed by atoms with Crippen molar-refractivity contribution in [2.75, 3.05) is 4.90 Å². The molecule has 0 aliphatic heterocycles. The van der Waals surface area contributed by atoms with Gasteiger partial charge in [-0.2, -0.15) is 0 Å². The SMILES string of the molecule is CC(=O)N(c1nc(Cn2cnc3c2c(=O)n(C)c(=O)n3C)cs1)c1ccccc1F. The van der Waals surface area contributed by atoms with Crippen molar-refractivity contribution in [2.24, 2.45) is 14.1 Å². The molecular weight excluding hydrogens is 411 g/mol. The maximum Gasteiger partial charge on any atom is 0.332 e. The monoisotopic (exact) mass is 428 g/mol. The van der Waals surface area contributed by atoms with Crippen molar-refractivity contribution in [1.82, 2.24) is 23.7 Å². The number of imidazole rings is 1. The largest absolute Gasteiger partial charge is 0.332 e. The van der Waals surface area contributed by atoms with E-state index < -0.39 is 17.1 Å². The summed E-state index contributed by atoms with van der Waals surface area (Å²) in [5.74, 6) is -0.910. The van der Waals surface area contributed by atoms with E-state index in [1.54, 1.807) is 29.1 Å². The van der Waals surface area contributed by atoms with Gasteiger partial charge in [0, 0.05) is 26.4 Å². The van der Waals surface area contributed by atoms with E-state index in [-0.39, 0.29) is 29.3 Å². The Morgan fingerprint density at radius 1 is 1.20 bits per heavy atom. The summed E-state index contributed by atoms with van der Waals surface area (Å²) in [5, 5.41) is 2.04. The highest BCUT2D eigenvalue weighted by Crippen LogP contribution is 2.31. The fourth-order valence-corrected chi connectivity index (χ4v) is 4.07. The second-order valence-electron chi connectivity index (χ2n) is 6.68. The number of benzene rings is 1. The molecule has 1 aromatic carbocycles. The van der Waals surface area contributed by atoms with Gasteiger partial charge in [-0.1, -0.05) is 12.1 Å². The predicted molar refractivity (Wildman–Crippen MR) is 111 cm³/mol. The number of carbonyl (C=O) groups excluding carboxylic acids is 1. The summed E-state index contributed by atoms with van der Waals surface area (Å²) in [6.45, 7) is 1.53. The maximum absolute atomic E-state index is 14.2. The van der Waals surface area contributed by atoms with Gasteiger partial charge in [-0.25, -0.2) is 19.2 Å². The van der Waals surface area contributed by atoms with Crippen LogP contribution in [0.5, 0.6) is 0 Å². The lowest BCUT2D eigenvalue weighted by atomic mass is 10.3. The Kier molecular flexibility index (Phi) is 4.82. The van der Waals surface area contributed by atoms with Gasteiger partial charge in [0.15, 0.2) is 16.3 Å². The van der Waals surface area contributed by atoms with Gasteiger partial charge in [-0.3, -0.25) is 23.6 Å². The highest BCUT2D eigenvalue weighted by molar-refractivity contribution is 7.14. The number of thiazole rings is 1. The number of nitrogens with zero attached hydrogens (tertiary/aromatic N) is 6. The lowest BCUT2D eigenvalue weighted by molar-refractivity contribution is -0.115. The first-order valence-corrected chi connectivity index (χ1v) is 9.78. The summed E-state index contributed by atoms with van der Waals surface area (Å²) < 4.78 is 18.1. The van der Waals surface area contributed by atoms with Crippen molar-refractivity contribution in [3.05, 3.63) is 68.3 Å². The number of amides is 1. The normalized spacial score (nSPS) is 11.2. The molecule has 0 atom stereocenters. The van der Waals surface area contributed by atoms with Gasteiger partial charge in [-0.05, 0) is 12.1 Å². The van der Waals surface area contributed by atoms with E-state index in [4.69, 9.17) is 0 Å². The maximum atomic E-state index is 14.2. The molecule has 0 saturated carbocycles. The summed E-state index contributed by atoms with van der Waals surface area (Å²) >= 11 is 1.18. The summed E-state index contributed by atoms with van der Waals surface area (Å²) in [6, 6.07) is 5.96. The Labute approximate surface area is 173 Å². The van der Waals surface area contributed by atoms with Crippen LogP contribution in [0.2, 0.25) is 0 Å². The van der Waals surface area contributed by atoms with Crippen LogP contribution in [0, 0.1) is 5.82 Å². The van der Waals surface area contributed by atoms with Crippen molar-refractivity contribution in [1.29, 1.82) is 0 Å². The summed E-state index contributed by atoms with van der Waals surface area (Å²) in [4.78, 5) is 46.7. The number of rotatable bonds is 4. The van der Waals surface area contributed by atoms with Crippen LogP contribution in [0.1, 0.15) is 12.6 Å². The van der Waals surface area contributed by atoms with Crippen LogP contribution in [0.4, 0.5) is 15.2 Å². The third kappa shape index (κ3) is 3.12. The molecule has 9 nitrogen and oxygen atoms in total. The highest BCUT2D eigenvalue weighted by Gasteiger charge is 2.21. The van der Waals surface area contributed by atoms with E-state index >= 15 is 0 Å². The van der Waals surface area contributed by atoms with E-state index in [9.17, 15) is 18.8 Å². The second-order valence-corrected chi connectivity index (χ2v) is 7.51. The van der Waals surface area contributed by atoms with Gasteiger partial charge in [-0.15, -0.1) is 11.3 Å². The first kappa shape index (κ1) is 19.7. The first-order valence-electron chi connectivity index (χ1n) is 8.90. The molecule has 0 aliphatic carbocycles. The molecule has 0 radical (unpaired) electrons. The molecule has 30 heavy (non-hydrogen) atoms. The van der Waals surface area contributed by atoms with E-state index in [2.05, 4.69) is 9.97 Å². The number of para-hydroxylation sites is 1. The Balaban J connectivity index is 1.74. The van der Waals surface area contributed by atoms with Crippen molar-refractivity contribution >= 4 is 39.2 Å². The molecule has 11 heteroatoms. The smallest absolute Gasteiger partial charge is 0.319 e. The van der Waals surface area contributed by atoms with Gasteiger partial charge >= 0.3 is 5.69 Å². The van der Waals surface area contributed by atoms with Crippen LogP contribution in [0.25, 0.3) is 11.2 Å². The average Bonchev–Trinajstić information content (AvgIpc) is 3.34. The quantitative estimate of drug-likeness (QED) is 0.494. The molecule has 0 N–H and O–H groups in total. The van der Waals surface area contributed by atoms with Crippen LogP contribution in [0.3, 0.4) is 0 Å². The number of hydrogen-bond acceptors (Lipinski definition) is 6. The molecule has 4 rings (SSSR count). The zero-order valence-corrected chi connectivity index (χ0v) is 17.2. The van der Waals surface area contributed by atoms with E-state index in [0.717, 1.165) is 4.57 Å². The number of hydrogen-bond donors (Lipinski definition) is 0. The number of carbonyl (C=O) groups is 1. The van der Waals surface area contributed by atoms with Crippen molar-refractivity contribution in [2.45, 2.75) is 13.5 Å². The third-order valence-electron chi connectivity index (χ3n) is 4.69. The van der Waals surface area contributed by atoms with E-state index in [1.165, 1.54) is 53.2 Å². The van der Waals surface area contributed by atoms with Gasteiger partial charge in [0.1, 0.15) is 5.82 Å². The fourth-order valence-electron chi connectivity index (χ4n) is 3.20. The molecule has 0 bridgehead atoms. The van der Waals surface area contributed by atoms with Gasteiger partial charge in [0.25, 0.3) is 5.56 Å². The topological polar surface area (TPSA) is 95.0 Å². The Hall–Kier alpha value is -3.60. The minimum Gasteiger partial charge on any atom is -0.319 e. The lowest BCUT2D eigenvalue weighted by Crippen LogP contribution is -2.37. The molecule has 154 valence electrons. The van der Waals surface area contributed by atoms with Crippen LogP contribution in [0.15, 0.2) is 45.6 Å². The van der Waals surface area contributed by atoms with Gasteiger partial charge in [0.05, 0.1) is 24.3 Å². The molecule has 0 spiro atoms. The van der Waals surface area contributed by atoms with Crippen molar-refractivity contribution in [3.8, 4) is 0 Å². The number of aromatic nitrogens is 5. The van der Waals surface area contributed by atoms with Crippen LogP contribution >= 0.6 is 11.3 Å². The molecule has 4 aromatic rings. The highest BCUT2D eigenvalue weighted by atomic mass is 32.1. The molecule has 3 heterocycles. The number of anilines is 2. The first-order chi connectivity index (χ1) is 14.3. The predicted octanol–water partition coefficient (Wildman–Crippen LogP) is 1.76. The average molecular weight is 428 g/mol. The summed E-state index contributed by atoms with van der Waals surface area (Å²) in [5.41, 5.74) is 0.297. The molecule has 0 unspecified atom stereocenters. The van der Waals surface area contributed by atoms with Crippen LogP contribution in [-0.4, -0.2) is 29.6 Å². The van der Waals surface area contributed by atoms with Crippen LogP contribution < -0.4 is 16.1 Å². The Morgan fingerprint density at radius 3 is 2.63 bits per heavy atom. The van der Waals surface area contributed by atoms with Crippen molar-refractivity contribution < 1.29 is 9.18 Å². The minimum absolute atomic E-state index is 0.114.